The Labute approximate surface area is 111 Å². The van der Waals surface area contributed by atoms with Gasteiger partial charge in [-0.25, -0.2) is 0 Å². The normalized spacial score (nSPS) is 30.2. The summed E-state index contributed by atoms with van der Waals surface area (Å²) >= 11 is 0. The van der Waals surface area contributed by atoms with E-state index in [9.17, 15) is 4.79 Å². The van der Waals surface area contributed by atoms with Crippen LogP contribution in [-0.4, -0.2) is 50.1 Å². The van der Waals surface area contributed by atoms with Crippen LogP contribution >= 0.6 is 0 Å². The van der Waals surface area contributed by atoms with Gasteiger partial charge in [-0.05, 0) is 39.8 Å². The second kappa shape index (κ2) is 6.53. The van der Waals surface area contributed by atoms with Crippen LogP contribution in [-0.2, 0) is 4.79 Å². The Morgan fingerprint density at radius 2 is 2.17 bits per heavy atom. The molecule has 1 aliphatic rings. The van der Waals surface area contributed by atoms with Gasteiger partial charge in [0.1, 0.15) is 0 Å². The smallest absolute Gasteiger partial charge is 0.236 e. The third kappa shape index (κ3) is 3.69. The first-order valence-electron chi connectivity index (χ1n) is 7.03. The van der Waals surface area contributed by atoms with Crippen molar-refractivity contribution < 1.29 is 4.79 Å². The maximum atomic E-state index is 11.5. The number of rotatable bonds is 5. The van der Waals surface area contributed by atoms with E-state index in [4.69, 9.17) is 0 Å². The molecule has 0 aromatic heterocycles. The third-order valence-electron chi connectivity index (χ3n) is 4.39. The topological polar surface area (TPSA) is 44.4 Å². The largest absolute Gasteiger partial charge is 0.358 e. The first kappa shape index (κ1) is 15.4. The fourth-order valence-electron chi connectivity index (χ4n) is 3.01. The lowest BCUT2D eigenvalue weighted by molar-refractivity contribution is -0.122. The lowest BCUT2D eigenvalue weighted by Crippen LogP contribution is -2.56. The maximum Gasteiger partial charge on any atom is 0.236 e. The van der Waals surface area contributed by atoms with Gasteiger partial charge in [0.05, 0.1) is 6.04 Å². The number of hydrogen-bond acceptors (Lipinski definition) is 3. The second-order valence-electron chi connectivity index (χ2n) is 6.04. The van der Waals surface area contributed by atoms with Crippen molar-refractivity contribution in [2.45, 2.75) is 51.1 Å². The summed E-state index contributed by atoms with van der Waals surface area (Å²) in [5.41, 5.74) is 0.208. The van der Waals surface area contributed by atoms with Crippen molar-refractivity contribution in [2.75, 3.05) is 27.7 Å². The van der Waals surface area contributed by atoms with Crippen molar-refractivity contribution in [1.29, 1.82) is 0 Å². The summed E-state index contributed by atoms with van der Waals surface area (Å²) in [5.74, 6) is 0.839. The van der Waals surface area contributed by atoms with Crippen molar-refractivity contribution in [1.82, 2.24) is 15.5 Å². The van der Waals surface area contributed by atoms with Crippen LogP contribution in [0.25, 0.3) is 0 Å². The van der Waals surface area contributed by atoms with Gasteiger partial charge < -0.3 is 15.5 Å². The van der Waals surface area contributed by atoms with Crippen LogP contribution < -0.4 is 10.6 Å². The molecule has 18 heavy (non-hydrogen) atoms. The first-order chi connectivity index (χ1) is 8.41. The zero-order chi connectivity index (χ0) is 13.8. The molecule has 0 aromatic carbocycles. The highest BCUT2D eigenvalue weighted by Gasteiger charge is 2.37. The number of nitrogens with one attached hydrogen (secondary N) is 2. The van der Waals surface area contributed by atoms with Gasteiger partial charge in [0, 0.05) is 19.1 Å². The lowest BCUT2D eigenvalue weighted by Gasteiger charge is -2.45. The molecular formula is C14H29N3O. The highest BCUT2D eigenvalue weighted by molar-refractivity contribution is 5.80. The average Bonchev–Trinajstić information content (AvgIpc) is 2.34. The van der Waals surface area contributed by atoms with Crippen LogP contribution in [0, 0.1) is 5.92 Å². The highest BCUT2D eigenvalue weighted by Crippen LogP contribution is 2.35. The molecular weight excluding hydrogens is 226 g/mol. The molecule has 2 N–H and O–H groups in total. The fraction of sp³-hybridized carbons (Fsp3) is 0.929. The van der Waals surface area contributed by atoms with Crippen molar-refractivity contribution in [3.05, 3.63) is 0 Å². The molecule has 0 aliphatic heterocycles. The van der Waals surface area contributed by atoms with Gasteiger partial charge in [0.25, 0.3) is 0 Å². The summed E-state index contributed by atoms with van der Waals surface area (Å²) in [6, 6.07) is -0.121. The summed E-state index contributed by atoms with van der Waals surface area (Å²) in [7, 11) is 6.00. The fourth-order valence-corrected chi connectivity index (χ4v) is 3.01. The predicted molar refractivity (Wildman–Crippen MR) is 75.6 cm³/mol. The molecule has 0 radical (unpaired) electrons. The maximum absolute atomic E-state index is 11.5. The Morgan fingerprint density at radius 3 is 2.67 bits per heavy atom. The van der Waals surface area contributed by atoms with E-state index in [-0.39, 0.29) is 17.5 Å². The molecule has 1 amide bonds. The van der Waals surface area contributed by atoms with Gasteiger partial charge in [-0.2, -0.15) is 0 Å². The van der Waals surface area contributed by atoms with Crippen molar-refractivity contribution in [3.8, 4) is 0 Å². The molecule has 1 aliphatic carbocycles. The first-order valence-corrected chi connectivity index (χ1v) is 7.03. The molecule has 4 heteroatoms. The SMILES string of the molecule is CNC(=O)C(C)NCC1(N(C)C)CCCC(C)C1. The Morgan fingerprint density at radius 1 is 1.50 bits per heavy atom. The molecule has 0 aromatic rings. The van der Waals surface area contributed by atoms with Crippen LogP contribution in [0.3, 0.4) is 0 Å². The van der Waals surface area contributed by atoms with Crippen LogP contribution in [0.15, 0.2) is 0 Å². The Kier molecular flexibility index (Phi) is 5.60. The monoisotopic (exact) mass is 255 g/mol. The average molecular weight is 255 g/mol. The number of hydrogen-bond donors (Lipinski definition) is 2. The van der Waals surface area contributed by atoms with Crippen LogP contribution in [0.4, 0.5) is 0 Å². The summed E-state index contributed by atoms with van der Waals surface area (Å²) in [6.45, 7) is 5.15. The highest BCUT2D eigenvalue weighted by atomic mass is 16.2. The van der Waals surface area contributed by atoms with Gasteiger partial charge in [-0.3, -0.25) is 4.79 Å². The van der Waals surface area contributed by atoms with E-state index >= 15 is 0 Å². The molecule has 4 nitrogen and oxygen atoms in total. The Hall–Kier alpha value is -0.610. The van der Waals surface area contributed by atoms with Gasteiger partial charge >= 0.3 is 0 Å². The minimum absolute atomic E-state index is 0.0627. The van der Waals surface area contributed by atoms with Crippen molar-refractivity contribution >= 4 is 5.91 Å². The molecule has 3 unspecified atom stereocenters. The van der Waals surface area contributed by atoms with Gasteiger partial charge in [-0.1, -0.05) is 19.8 Å². The van der Waals surface area contributed by atoms with E-state index in [0.29, 0.717) is 0 Å². The number of nitrogens with zero attached hydrogens (tertiary/aromatic N) is 1. The summed E-state index contributed by atoms with van der Waals surface area (Å²) in [5, 5.41) is 6.08. The quantitative estimate of drug-likeness (QED) is 0.776. The molecule has 0 saturated heterocycles. The number of carbonyl (C=O) groups is 1. The van der Waals surface area contributed by atoms with E-state index in [1.807, 2.05) is 6.92 Å². The molecule has 106 valence electrons. The number of carbonyl (C=O) groups excluding carboxylic acids is 1. The molecule has 0 bridgehead atoms. The van der Waals surface area contributed by atoms with E-state index < -0.39 is 0 Å². The zero-order valence-electron chi connectivity index (χ0n) is 12.5. The molecule has 0 spiro atoms. The minimum Gasteiger partial charge on any atom is -0.358 e. The zero-order valence-corrected chi connectivity index (χ0v) is 12.5. The van der Waals surface area contributed by atoms with Crippen LogP contribution in [0.1, 0.15) is 39.5 Å². The Bertz CT molecular complexity index is 280. The van der Waals surface area contributed by atoms with Crippen LogP contribution in [0.5, 0.6) is 0 Å². The van der Waals surface area contributed by atoms with Gasteiger partial charge in [0.2, 0.25) is 5.91 Å². The van der Waals surface area contributed by atoms with Crippen LogP contribution in [0.2, 0.25) is 0 Å². The number of likely N-dealkylation sites (N-methyl/N-ethyl adjacent to an activating group) is 2. The van der Waals surface area contributed by atoms with E-state index in [1.165, 1.54) is 25.7 Å². The second-order valence-corrected chi connectivity index (χ2v) is 6.04. The summed E-state index contributed by atoms with van der Waals surface area (Å²) in [4.78, 5) is 13.9. The third-order valence-corrected chi connectivity index (χ3v) is 4.39. The van der Waals surface area contributed by atoms with Gasteiger partial charge in [0.15, 0.2) is 0 Å². The molecule has 1 saturated carbocycles. The summed E-state index contributed by atoms with van der Waals surface area (Å²) < 4.78 is 0. The molecule has 0 heterocycles. The van der Waals surface area contributed by atoms with E-state index in [2.05, 4.69) is 36.6 Å². The lowest BCUT2D eigenvalue weighted by atomic mass is 9.75. The van der Waals surface area contributed by atoms with E-state index in [1.54, 1.807) is 7.05 Å². The van der Waals surface area contributed by atoms with Crippen molar-refractivity contribution in [2.24, 2.45) is 5.92 Å². The molecule has 1 fully saturated rings. The Balaban J connectivity index is 2.60. The van der Waals surface area contributed by atoms with Crippen molar-refractivity contribution in [3.63, 3.8) is 0 Å². The standard InChI is InChI=1S/C14H29N3O/c1-11-7-6-8-14(9-11,17(4)5)10-16-12(2)13(18)15-3/h11-12,16H,6-10H2,1-5H3,(H,15,18). The van der Waals surface area contributed by atoms with Gasteiger partial charge in [-0.15, -0.1) is 0 Å². The molecule has 3 atom stereocenters. The summed E-state index contributed by atoms with van der Waals surface area (Å²) in [6.07, 6.45) is 5.06. The predicted octanol–water partition coefficient (Wildman–Crippen LogP) is 1.22. The minimum atomic E-state index is -0.121. The van der Waals surface area contributed by atoms with E-state index in [0.717, 1.165) is 12.5 Å². The molecule has 1 rings (SSSR count). The number of amides is 1.